The number of fused-ring (bicyclic) bond motifs is 5. The molecular formula is C12H12O2. The van der Waals surface area contributed by atoms with E-state index >= 15 is 0 Å². The highest BCUT2D eigenvalue weighted by Crippen LogP contribution is 2.52. The van der Waals surface area contributed by atoms with Gasteiger partial charge in [0.15, 0.2) is 0 Å². The zero-order valence-corrected chi connectivity index (χ0v) is 7.86. The Labute approximate surface area is 82.6 Å². The quantitative estimate of drug-likeness (QED) is 0.735. The van der Waals surface area contributed by atoms with Gasteiger partial charge in [0, 0.05) is 0 Å². The monoisotopic (exact) mass is 188 g/mol. The van der Waals surface area contributed by atoms with E-state index in [0.717, 1.165) is 5.92 Å². The summed E-state index contributed by atoms with van der Waals surface area (Å²) in [5.74, 6) is 0.558. The van der Waals surface area contributed by atoms with Gasteiger partial charge in [-0.05, 0) is 54.4 Å². The van der Waals surface area contributed by atoms with Gasteiger partial charge in [0.05, 0.1) is 5.56 Å². The molecule has 0 saturated heterocycles. The van der Waals surface area contributed by atoms with Crippen LogP contribution in [0.15, 0.2) is 18.2 Å². The summed E-state index contributed by atoms with van der Waals surface area (Å²) in [5, 5.41) is 8.89. The normalized spacial score (nSPS) is 27.7. The van der Waals surface area contributed by atoms with Crippen LogP contribution < -0.4 is 0 Å². The van der Waals surface area contributed by atoms with Gasteiger partial charge in [-0.15, -0.1) is 0 Å². The molecule has 0 spiro atoms. The van der Waals surface area contributed by atoms with E-state index < -0.39 is 5.97 Å². The Kier molecular flexibility index (Phi) is 1.49. The first-order valence-electron chi connectivity index (χ1n) is 5.13. The Balaban J connectivity index is 2.12. The van der Waals surface area contributed by atoms with Gasteiger partial charge in [-0.2, -0.15) is 0 Å². The lowest BCUT2D eigenvalue weighted by Gasteiger charge is -2.14. The van der Waals surface area contributed by atoms with Crippen LogP contribution in [0.3, 0.4) is 0 Å². The molecule has 72 valence electrons. The molecule has 2 heteroatoms. The number of hydrogen-bond donors (Lipinski definition) is 1. The highest BCUT2D eigenvalue weighted by molar-refractivity contribution is 5.88. The summed E-state index contributed by atoms with van der Waals surface area (Å²) in [6.07, 6.45) is 3.79. The van der Waals surface area contributed by atoms with E-state index in [1.165, 1.54) is 30.4 Å². The zero-order chi connectivity index (χ0) is 9.71. The second kappa shape index (κ2) is 2.59. The highest BCUT2D eigenvalue weighted by Gasteiger charge is 2.36. The van der Waals surface area contributed by atoms with E-state index in [2.05, 4.69) is 0 Å². The molecule has 1 aromatic carbocycles. The maximum absolute atomic E-state index is 10.8. The van der Waals surface area contributed by atoms with Crippen molar-refractivity contribution in [2.24, 2.45) is 0 Å². The SMILES string of the molecule is O=C(O)c1ccc2c(c1)[C@@H]1CC[C@H]2C1. The highest BCUT2D eigenvalue weighted by atomic mass is 16.4. The molecule has 14 heavy (non-hydrogen) atoms. The van der Waals surface area contributed by atoms with Gasteiger partial charge >= 0.3 is 5.97 Å². The van der Waals surface area contributed by atoms with Crippen LogP contribution in [0.1, 0.15) is 52.6 Å². The minimum Gasteiger partial charge on any atom is -0.478 e. The minimum absolute atomic E-state index is 0.441. The lowest BCUT2D eigenvalue weighted by Crippen LogP contribution is -2.02. The number of carbonyl (C=O) groups is 1. The van der Waals surface area contributed by atoms with Gasteiger partial charge in [0.25, 0.3) is 0 Å². The number of aromatic carboxylic acids is 1. The van der Waals surface area contributed by atoms with Crippen molar-refractivity contribution in [2.45, 2.75) is 31.1 Å². The summed E-state index contributed by atoms with van der Waals surface area (Å²) in [4.78, 5) is 10.8. The number of carboxylic acids is 1. The molecule has 0 amide bonds. The standard InChI is InChI=1S/C12H12O2/c13-12(14)9-3-4-10-7-1-2-8(5-7)11(10)6-9/h3-4,6-8H,1-2,5H2,(H,13,14)/t7-,8+/m0/s1. The Morgan fingerprint density at radius 1 is 1.21 bits per heavy atom. The number of carboxylic acid groups (broad SMARTS) is 1. The Hall–Kier alpha value is -1.31. The van der Waals surface area contributed by atoms with Crippen molar-refractivity contribution < 1.29 is 9.90 Å². The average Bonchev–Trinajstić information content (AvgIpc) is 2.77. The van der Waals surface area contributed by atoms with Crippen molar-refractivity contribution in [2.75, 3.05) is 0 Å². The summed E-state index contributed by atoms with van der Waals surface area (Å²) >= 11 is 0. The van der Waals surface area contributed by atoms with Gasteiger partial charge in [0.2, 0.25) is 0 Å². The van der Waals surface area contributed by atoms with Crippen molar-refractivity contribution in [1.29, 1.82) is 0 Å². The van der Waals surface area contributed by atoms with E-state index in [-0.39, 0.29) is 0 Å². The molecule has 1 aromatic rings. The Morgan fingerprint density at radius 2 is 1.93 bits per heavy atom. The molecule has 2 atom stereocenters. The molecule has 2 aliphatic rings. The van der Waals surface area contributed by atoms with Crippen LogP contribution in [0.5, 0.6) is 0 Å². The third-order valence-corrected chi connectivity index (χ3v) is 3.65. The zero-order valence-electron chi connectivity index (χ0n) is 7.86. The van der Waals surface area contributed by atoms with Crippen LogP contribution in [-0.4, -0.2) is 11.1 Å². The molecular weight excluding hydrogens is 176 g/mol. The van der Waals surface area contributed by atoms with Gasteiger partial charge in [0.1, 0.15) is 0 Å². The topological polar surface area (TPSA) is 37.3 Å². The fraction of sp³-hybridized carbons (Fsp3) is 0.417. The van der Waals surface area contributed by atoms with Crippen LogP contribution in [0.4, 0.5) is 0 Å². The molecule has 3 rings (SSSR count). The predicted octanol–water partition coefficient (Wildman–Crippen LogP) is 2.75. The first-order valence-corrected chi connectivity index (χ1v) is 5.13. The second-order valence-corrected chi connectivity index (χ2v) is 4.36. The molecule has 1 N–H and O–H groups in total. The first-order chi connectivity index (χ1) is 6.75. The van der Waals surface area contributed by atoms with Crippen molar-refractivity contribution >= 4 is 5.97 Å². The van der Waals surface area contributed by atoms with E-state index in [0.29, 0.717) is 11.5 Å². The van der Waals surface area contributed by atoms with Crippen LogP contribution in [0, 0.1) is 0 Å². The largest absolute Gasteiger partial charge is 0.478 e. The molecule has 1 saturated carbocycles. The molecule has 0 aromatic heterocycles. The smallest absolute Gasteiger partial charge is 0.335 e. The van der Waals surface area contributed by atoms with Crippen molar-refractivity contribution in [3.05, 3.63) is 34.9 Å². The fourth-order valence-corrected chi connectivity index (χ4v) is 2.98. The summed E-state index contributed by atoms with van der Waals surface area (Å²) < 4.78 is 0. The first kappa shape index (κ1) is 8.04. The molecule has 0 unspecified atom stereocenters. The maximum Gasteiger partial charge on any atom is 0.335 e. The van der Waals surface area contributed by atoms with Crippen LogP contribution in [0.2, 0.25) is 0 Å². The predicted molar refractivity (Wildman–Crippen MR) is 52.7 cm³/mol. The Bertz CT molecular complexity index is 409. The third kappa shape index (κ3) is 0.939. The van der Waals surface area contributed by atoms with Gasteiger partial charge in [-0.1, -0.05) is 6.07 Å². The molecule has 0 radical (unpaired) electrons. The lowest BCUT2D eigenvalue weighted by molar-refractivity contribution is 0.0696. The van der Waals surface area contributed by atoms with E-state index in [4.69, 9.17) is 5.11 Å². The van der Waals surface area contributed by atoms with Gasteiger partial charge in [-0.25, -0.2) is 4.79 Å². The number of hydrogen-bond acceptors (Lipinski definition) is 1. The fourth-order valence-electron chi connectivity index (χ4n) is 2.98. The summed E-state index contributed by atoms with van der Waals surface area (Å²) in [6, 6.07) is 5.63. The van der Waals surface area contributed by atoms with Crippen molar-refractivity contribution in [3.8, 4) is 0 Å². The van der Waals surface area contributed by atoms with Crippen LogP contribution >= 0.6 is 0 Å². The Morgan fingerprint density at radius 3 is 2.64 bits per heavy atom. The van der Waals surface area contributed by atoms with Crippen LogP contribution in [-0.2, 0) is 0 Å². The van der Waals surface area contributed by atoms with Crippen molar-refractivity contribution in [1.82, 2.24) is 0 Å². The summed E-state index contributed by atoms with van der Waals surface area (Å²) in [7, 11) is 0. The molecule has 0 heterocycles. The summed E-state index contributed by atoms with van der Waals surface area (Å²) in [5.41, 5.74) is 3.16. The third-order valence-electron chi connectivity index (χ3n) is 3.65. The van der Waals surface area contributed by atoms with E-state index in [1.807, 2.05) is 12.1 Å². The maximum atomic E-state index is 10.8. The minimum atomic E-state index is -0.810. The molecule has 0 aliphatic heterocycles. The second-order valence-electron chi connectivity index (χ2n) is 4.36. The molecule has 2 aliphatic carbocycles. The number of benzene rings is 1. The summed E-state index contributed by atoms with van der Waals surface area (Å²) in [6.45, 7) is 0. The average molecular weight is 188 g/mol. The number of rotatable bonds is 1. The van der Waals surface area contributed by atoms with Gasteiger partial charge < -0.3 is 5.11 Å². The molecule has 2 nitrogen and oxygen atoms in total. The lowest BCUT2D eigenvalue weighted by atomic mass is 9.90. The molecule has 2 bridgehead atoms. The van der Waals surface area contributed by atoms with E-state index in [9.17, 15) is 4.79 Å². The van der Waals surface area contributed by atoms with Crippen molar-refractivity contribution in [3.63, 3.8) is 0 Å². The molecule has 1 fully saturated rings. The van der Waals surface area contributed by atoms with Gasteiger partial charge in [-0.3, -0.25) is 0 Å². The van der Waals surface area contributed by atoms with Crippen LogP contribution in [0.25, 0.3) is 0 Å². The van der Waals surface area contributed by atoms with E-state index in [1.54, 1.807) is 6.07 Å².